The average Bonchev–Trinajstić information content (AvgIpc) is 3.00. The number of halogens is 3. The van der Waals surface area contributed by atoms with E-state index in [0.29, 0.717) is 16.3 Å². The minimum atomic E-state index is -0.316. The van der Waals surface area contributed by atoms with E-state index in [1.54, 1.807) is 13.1 Å². The predicted octanol–water partition coefficient (Wildman–Crippen LogP) is 5.41. The lowest BCUT2D eigenvalue weighted by atomic mass is 10.0. The van der Waals surface area contributed by atoms with Crippen LogP contribution >= 0.6 is 34.8 Å². The first-order valence-electron chi connectivity index (χ1n) is 8.27. The van der Waals surface area contributed by atoms with Crippen molar-refractivity contribution in [3.05, 3.63) is 63.1 Å². The van der Waals surface area contributed by atoms with Gasteiger partial charge in [-0.2, -0.15) is 0 Å². The van der Waals surface area contributed by atoms with E-state index < -0.39 is 0 Å². The molecule has 1 aliphatic rings. The zero-order chi connectivity index (χ0) is 20.0. The van der Waals surface area contributed by atoms with Crippen molar-refractivity contribution >= 4 is 68.8 Å². The highest BCUT2D eigenvalue weighted by Crippen LogP contribution is 2.36. The lowest BCUT2D eigenvalue weighted by Crippen LogP contribution is -2.31. The molecule has 8 heteroatoms. The number of ether oxygens (including phenoxy) is 1. The summed E-state index contributed by atoms with van der Waals surface area (Å²) in [5.41, 5.74) is 1.90. The second-order valence-electron chi connectivity index (χ2n) is 6.29. The van der Waals surface area contributed by atoms with Gasteiger partial charge < -0.3 is 15.0 Å². The minimum absolute atomic E-state index is 0.187. The van der Waals surface area contributed by atoms with Gasteiger partial charge in [-0.1, -0.05) is 46.9 Å². The number of likely N-dealkylation sites (N-methyl/N-ethyl adjacent to an activating group) is 1. The van der Waals surface area contributed by atoms with Crippen molar-refractivity contribution < 1.29 is 14.3 Å². The summed E-state index contributed by atoms with van der Waals surface area (Å²) < 4.78 is 5.51. The summed E-state index contributed by atoms with van der Waals surface area (Å²) in [5.74, 6) is -0.241. The highest BCUT2D eigenvalue weighted by molar-refractivity contribution is 6.43. The van der Waals surface area contributed by atoms with Gasteiger partial charge in [-0.3, -0.25) is 9.59 Å². The maximum atomic E-state index is 12.6. The van der Waals surface area contributed by atoms with Crippen molar-refractivity contribution in [2.45, 2.75) is 0 Å². The second kappa shape index (κ2) is 7.17. The van der Waals surface area contributed by atoms with Crippen LogP contribution in [0.25, 0.3) is 10.8 Å². The van der Waals surface area contributed by atoms with Crippen LogP contribution < -0.4 is 15.0 Å². The number of anilines is 2. The van der Waals surface area contributed by atoms with Crippen LogP contribution in [0.2, 0.25) is 15.1 Å². The molecule has 3 aromatic carbocycles. The van der Waals surface area contributed by atoms with E-state index in [9.17, 15) is 9.59 Å². The van der Waals surface area contributed by atoms with E-state index in [-0.39, 0.29) is 34.2 Å². The minimum Gasteiger partial charge on any atom is -0.482 e. The molecular weight excluding hydrogens is 423 g/mol. The van der Waals surface area contributed by atoms with Crippen LogP contribution in [0.4, 0.5) is 11.4 Å². The van der Waals surface area contributed by atoms with E-state index in [1.807, 2.05) is 24.3 Å². The van der Waals surface area contributed by atoms with E-state index >= 15 is 0 Å². The third kappa shape index (κ3) is 3.26. The van der Waals surface area contributed by atoms with Crippen LogP contribution in [-0.4, -0.2) is 25.5 Å². The first-order chi connectivity index (χ1) is 13.3. The van der Waals surface area contributed by atoms with Gasteiger partial charge >= 0.3 is 0 Å². The Hall–Kier alpha value is -2.47. The van der Waals surface area contributed by atoms with E-state index in [2.05, 4.69) is 5.32 Å². The number of amides is 2. The van der Waals surface area contributed by atoms with E-state index in [4.69, 9.17) is 39.5 Å². The Morgan fingerprint density at radius 3 is 2.61 bits per heavy atom. The molecule has 0 atom stereocenters. The number of rotatable bonds is 4. The smallest absolute Gasteiger partial charge is 0.264 e. The average molecular weight is 436 g/mol. The summed E-state index contributed by atoms with van der Waals surface area (Å²) in [4.78, 5) is 26.3. The number of carbonyl (C=O) groups is 2. The number of hydrogen-bond donors (Lipinski definition) is 1. The van der Waals surface area contributed by atoms with Gasteiger partial charge in [0.05, 0.1) is 20.6 Å². The molecule has 0 saturated heterocycles. The van der Waals surface area contributed by atoms with Crippen LogP contribution in [0.1, 0.15) is 10.4 Å². The zero-order valence-corrected chi connectivity index (χ0v) is 16.8. The van der Waals surface area contributed by atoms with Gasteiger partial charge in [-0.05, 0) is 29.7 Å². The van der Waals surface area contributed by atoms with Crippen LogP contribution in [-0.2, 0) is 4.79 Å². The summed E-state index contributed by atoms with van der Waals surface area (Å²) in [5, 5.41) is 5.39. The fraction of sp³-hybridized carbons (Fsp3) is 0.100. The molecule has 1 aliphatic heterocycles. The summed E-state index contributed by atoms with van der Waals surface area (Å²) >= 11 is 17.9. The van der Waals surface area contributed by atoms with E-state index in [0.717, 1.165) is 16.5 Å². The van der Waals surface area contributed by atoms with Crippen molar-refractivity contribution in [3.63, 3.8) is 0 Å². The predicted molar refractivity (Wildman–Crippen MR) is 112 cm³/mol. The molecule has 0 fully saturated rings. The van der Waals surface area contributed by atoms with Crippen molar-refractivity contribution in [1.29, 1.82) is 0 Å². The number of hydrogen-bond acceptors (Lipinski definition) is 3. The maximum Gasteiger partial charge on any atom is 0.264 e. The summed E-state index contributed by atoms with van der Waals surface area (Å²) in [6.45, 7) is -0.256. The largest absolute Gasteiger partial charge is 0.482 e. The molecule has 0 aliphatic carbocycles. The van der Waals surface area contributed by atoms with E-state index in [1.165, 1.54) is 17.0 Å². The van der Waals surface area contributed by atoms with Gasteiger partial charge in [0.15, 0.2) is 6.61 Å². The van der Waals surface area contributed by atoms with Gasteiger partial charge in [0.25, 0.3) is 11.8 Å². The molecule has 4 rings (SSSR count). The quantitative estimate of drug-likeness (QED) is 0.558. The Morgan fingerprint density at radius 2 is 1.82 bits per heavy atom. The van der Waals surface area contributed by atoms with Gasteiger partial charge in [-0.15, -0.1) is 0 Å². The Labute approximate surface area is 175 Å². The third-order valence-corrected chi connectivity index (χ3v) is 5.56. The van der Waals surface area contributed by atoms with Gasteiger partial charge in [0.2, 0.25) is 0 Å². The second-order valence-corrected chi connectivity index (χ2v) is 7.51. The summed E-state index contributed by atoms with van der Waals surface area (Å²) in [6, 6.07) is 12.1. The Morgan fingerprint density at radius 1 is 1.07 bits per heavy atom. The van der Waals surface area contributed by atoms with Gasteiger partial charge in [-0.25, -0.2) is 0 Å². The molecule has 5 nitrogen and oxygen atoms in total. The maximum absolute atomic E-state index is 12.6. The van der Waals surface area contributed by atoms with Gasteiger partial charge in [0, 0.05) is 29.9 Å². The standard InChI is InChI=1S/C20H13Cl3N2O3/c1-25(18(26)9-28-17-8-14(22)13(21)7-15(17)23)11-5-10-3-2-4-16-19(10)12(6-11)20(27)24-16/h2-8H,9H2,1H3,(H,24,27). The van der Waals surface area contributed by atoms with Crippen LogP contribution in [0, 0.1) is 0 Å². The van der Waals surface area contributed by atoms with Crippen molar-refractivity contribution in [3.8, 4) is 5.75 Å². The molecule has 1 heterocycles. The fourth-order valence-corrected chi connectivity index (χ4v) is 3.67. The fourth-order valence-electron chi connectivity index (χ4n) is 3.07. The molecule has 2 amide bonds. The van der Waals surface area contributed by atoms with Crippen LogP contribution in [0.5, 0.6) is 5.75 Å². The first-order valence-corrected chi connectivity index (χ1v) is 9.40. The highest BCUT2D eigenvalue weighted by atomic mass is 35.5. The molecule has 1 N–H and O–H groups in total. The number of benzene rings is 3. The first kappa shape index (κ1) is 18.9. The number of nitrogens with one attached hydrogen (secondary N) is 1. The lowest BCUT2D eigenvalue weighted by Gasteiger charge is -2.19. The monoisotopic (exact) mass is 434 g/mol. The molecular formula is C20H13Cl3N2O3. The van der Waals surface area contributed by atoms with Crippen molar-refractivity contribution in [2.24, 2.45) is 0 Å². The normalized spacial score (nSPS) is 12.2. The lowest BCUT2D eigenvalue weighted by molar-refractivity contribution is -0.120. The molecule has 0 unspecified atom stereocenters. The topological polar surface area (TPSA) is 58.6 Å². The molecule has 0 saturated carbocycles. The molecule has 0 aromatic heterocycles. The van der Waals surface area contributed by atoms with Gasteiger partial charge in [0.1, 0.15) is 5.75 Å². The van der Waals surface area contributed by atoms with Crippen molar-refractivity contribution in [2.75, 3.05) is 23.9 Å². The SMILES string of the molecule is CN(C(=O)COc1cc(Cl)c(Cl)cc1Cl)c1cc2c3c(cccc3c1)NC2=O. The Kier molecular flexibility index (Phi) is 4.83. The molecule has 28 heavy (non-hydrogen) atoms. The van der Waals surface area contributed by atoms with Crippen molar-refractivity contribution in [1.82, 2.24) is 0 Å². The summed E-state index contributed by atoms with van der Waals surface area (Å²) in [6.07, 6.45) is 0. The third-order valence-electron chi connectivity index (χ3n) is 4.54. The molecule has 0 bridgehead atoms. The zero-order valence-electron chi connectivity index (χ0n) is 14.6. The number of carbonyl (C=O) groups excluding carboxylic acids is 2. The molecule has 142 valence electrons. The van der Waals surface area contributed by atoms with Crippen LogP contribution in [0.15, 0.2) is 42.5 Å². The number of nitrogens with zero attached hydrogens (tertiary/aromatic N) is 1. The molecule has 0 radical (unpaired) electrons. The van der Waals surface area contributed by atoms with Crippen LogP contribution in [0.3, 0.4) is 0 Å². The molecule has 0 spiro atoms. The Balaban J connectivity index is 1.57. The molecule has 3 aromatic rings. The highest BCUT2D eigenvalue weighted by Gasteiger charge is 2.24. The Bertz CT molecular complexity index is 1150. The summed E-state index contributed by atoms with van der Waals surface area (Å²) in [7, 11) is 1.62.